The second kappa shape index (κ2) is 12.9. The van der Waals surface area contributed by atoms with Gasteiger partial charge >= 0.3 is 0 Å². The van der Waals surface area contributed by atoms with Gasteiger partial charge in [0.1, 0.15) is 0 Å². The summed E-state index contributed by atoms with van der Waals surface area (Å²) in [5.74, 6) is 1.90. The molecule has 0 saturated heterocycles. The van der Waals surface area contributed by atoms with Crippen molar-refractivity contribution in [1.82, 2.24) is 19.9 Å². The molecule has 2 aromatic heterocycles. The van der Waals surface area contributed by atoms with Crippen LogP contribution in [0.25, 0.3) is 89.1 Å². The van der Waals surface area contributed by atoms with Crippen molar-refractivity contribution in [3.63, 3.8) is 0 Å². The average molecular weight is 653 g/mol. The van der Waals surface area contributed by atoms with Crippen molar-refractivity contribution in [2.24, 2.45) is 0 Å². The Morgan fingerprint density at radius 1 is 0.333 bits per heavy atom. The van der Waals surface area contributed by atoms with E-state index in [0.29, 0.717) is 17.5 Å². The summed E-state index contributed by atoms with van der Waals surface area (Å²) >= 11 is 0. The SMILES string of the molecule is Cc1ccc(-c2ccc(-c3cc(-c4nc(-c5ccccc5)nc(-c5ccccc5)n4)cc(-c4cc5ccccc5c5ccccc45)c3)cc2)cn1. The zero-order chi connectivity index (χ0) is 34.1. The lowest BCUT2D eigenvalue weighted by Gasteiger charge is -2.15. The largest absolute Gasteiger partial charge is 0.261 e. The van der Waals surface area contributed by atoms with E-state index in [2.05, 4.69) is 114 Å². The first-order valence-corrected chi connectivity index (χ1v) is 17.1. The average Bonchev–Trinajstić information content (AvgIpc) is 3.21. The molecule has 0 amide bonds. The highest BCUT2D eigenvalue weighted by Gasteiger charge is 2.16. The van der Waals surface area contributed by atoms with Crippen LogP contribution in [-0.2, 0) is 0 Å². The van der Waals surface area contributed by atoms with Gasteiger partial charge in [-0.25, -0.2) is 15.0 Å². The van der Waals surface area contributed by atoms with Gasteiger partial charge in [-0.1, -0.05) is 140 Å². The maximum Gasteiger partial charge on any atom is 0.164 e. The summed E-state index contributed by atoms with van der Waals surface area (Å²) < 4.78 is 0. The lowest BCUT2D eigenvalue weighted by atomic mass is 9.90. The maximum absolute atomic E-state index is 5.11. The molecule has 0 atom stereocenters. The number of benzene rings is 7. The molecule has 0 unspecified atom stereocenters. The van der Waals surface area contributed by atoms with E-state index >= 15 is 0 Å². The Morgan fingerprint density at radius 2 is 0.824 bits per heavy atom. The van der Waals surface area contributed by atoms with E-state index in [4.69, 9.17) is 15.0 Å². The lowest BCUT2D eigenvalue weighted by Crippen LogP contribution is -2.00. The van der Waals surface area contributed by atoms with Crippen LogP contribution in [0.1, 0.15) is 5.69 Å². The summed E-state index contributed by atoms with van der Waals surface area (Å²) in [7, 11) is 0. The van der Waals surface area contributed by atoms with Gasteiger partial charge in [0, 0.05) is 34.1 Å². The van der Waals surface area contributed by atoms with Crippen molar-refractivity contribution in [3.05, 3.63) is 182 Å². The third-order valence-electron chi connectivity index (χ3n) is 9.43. The van der Waals surface area contributed by atoms with Gasteiger partial charge in [0.05, 0.1) is 0 Å². The summed E-state index contributed by atoms with van der Waals surface area (Å²) in [6.07, 6.45) is 1.93. The van der Waals surface area contributed by atoms with E-state index in [1.165, 1.54) is 21.5 Å². The van der Waals surface area contributed by atoms with Gasteiger partial charge < -0.3 is 0 Å². The highest BCUT2D eigenvalue weighted by atomic mass is 15.0. The molecular formula is C47H32N4. The van der Waals surface area contributed by atoms with Crippen LogP contribution >= 0.6 is 0 Å². The molecule has 0 bridgehead atoms. The quantitative estimate of drug-likeness (QED) is 0.168. The number of rotatable bonds is 6. The molecule has 0 aliphatic rings. The van der Waals surface area contributed by atoms with Crippen LogP contribution in [0.15, 0.2) is 176 Å². The van der Waals surface area contributed by atoms with Crippen LogP contribution in [0, 0.1) is 6.92 Å². The van der Waals surface area contributed by atoms with Crippen molar-refractivity contribution in [2.45, 2.75) is 6.92 Å². The van der Waals surface area contributed by atoms with Crippen molar-refractivity contribution in [1.29, 1.82) is 0 Å². The third-order valence-corrected chi connectivity index (χ3v) is 9.43. The van der Waals surface area contributed by atoms with Crippen LogP contribution < -0.4 is 0 Å². The molecule has 0 aliphatic carbocycles. The molecule has 4 heteroatoms. The van der Waals surface area contributed by atoms with E-state index < -0.39 is 0 Å². The van der Waals surface area contributed by atoms with Crippen LogP contribution in [0.4, 0.5) is 0 Å². The second-order valence-corrected chi connectivity index (χ2v) is 12.8. The van der Waals surface area contributed by atoms with Gasteiger partial charge in [0.25, 0.3) is 0 Å². The van der Waals surface area contributed by atoms with Crippen LogP contribution in [0.2, 0.25) is 0 Å². The molecule has 240 valence electrons. The Morgan fingerprint density at radius 3 is 1.45 bits per heavy atom. The van der Waals surface area contributed by atoms with Crippen molar-refractivity contribution >= 4 is 21.5 Å². The molecule has 51 heavy (non-hydrogen) atoms. The molecule has 0 saturated carbocycles. The normalized spacial score (nSPS) is 11.2. The number of hydrogen-bond acceptors (Lipinski definition) is 4. The zero-order valence-electron chi connectivity index (χ0n) is 28.0. The maximum atomic E-state index is 5.11. The van der Waals surface area contributed by atoms with E-state index in [9.17, 15) is 0 Å². The number of hydrogen-bond donors (Lipinski definition) is 0. The summed E-state index contributed by atoms with van der Waals surface area (Å²) in [5.41, 5.74) is 10.5. The highest BCUT2D eigenvalue weighted by molar-refractivity contribution is 6.14. The van der Waals surface area contributed by atoms with Gasteiger partial charge in [-0.2, -0.15) is 0 Å². The smallest absolute Gasteiger partial charge is 0.164 e. The van der Waals surface area contributed by atoms with Gasteiger partial charge in [-0.3, -0.25) is 4.98 Å². The van der Waals surface area contributed by atoms with E-state index in [1.807, 2.05) is 73.8 Å². The fraction of sp³-hybridized carbons (Fsp3) is 0.0213. The molecule has 9 rings (SSSR count). The molecule has 0 radical (unpaired) electrons. The predicted molar refractivity (Wildman–Crippen MR) is 210 cm³/mol. The molecule has 4 nitrogen and oxygen atoms in total. The first-order valence-electron chi connectivity index (χ1n) is 17.1. The zero-order valence-corrected chi connectivity index (χ0v) is 28.0. The first-order chi connectivity index (χ1) is 25.2. The van der Waals surface area contributed by atoms with Crippen LogP contribution in [0.5, 0.6) is 0 Å². The van der Waals surface area contributed by atoms with Crippen LogP contribution in [0.3, 0.4) is 0 Å². The Kier molecular flexibility index (Phi) is 7.67. The topological polar surface area (TPSA) is 51.6 Å². The van der Waals surface area contributed by atoms with Gasteiger partial charge in [0.2, 0.25) is 0 Å². The Balaban J connectivity index is 1.27. The molecule has 0 fully saturated rings. The minimum atomic E-state index is 0.623. The summed E-state index contributed by atoms with van der Waals surface area (Å²) in [6, 6.07) is 59.5. The van der Waals surface area contributed by atoms with Crippen molar-refractivity contribution in [3.8, 4) is 67.5 Å². The molecule has 0 N–H and O–H groups in total. The van der Waals surface area contributed by atoms with Crippen LogP contribution in [-0.4, -0.2) is 19.9 Å². The van der Waals surface area contributed by atoms with E-state index in [-0.39, 0.29) is 0 Å². The van der Waals surface area contributed by atoms with E-state index in [0.717, 1.165) is 55.8 Å². The minimum absolute atomic E-state index is 0.623. The Bertz CT molecular complexity index is 2610. The number of pyridine rings is 1. The second-order valence-electron chi connectivity index (χ2n) is 12.8. The lowest BCUT2D eigenvalue weighted by molar-refractivity contribution is 1.07. The van der Waals surface area contributed by atoms with Crippen molar-refractivity contribution < 1.29 is 0 Å². The fourth-order valence-electron chi connectivity index (χ4n) is 6.80. The van der Waals surface area contributed by atoms with Gasteiger partial charge in [-0.15, -0.1) is 0 Å². The molecule has 0 aliphatic heterocycles. The number of fused-ring (bicyclic) bond motifs is 3. The monoisotopic (exact) mass is 652 g/mol. The number of aryl methyl sites for hydroxylation is 1. The molecule has 2 heterocycles. The Hall–Kier alpha value is -6.78. The summed E-state index contributed by atoms with van der Waals surface area (Å²) in [4.78, 5) is 19.7. The standard InChI is InChI=1S/C47H32N4/c1-31-20-21-37(30-48-31)32-22-24-33(25-23-32)38-26-39(44-29-36-16-8-9-17-41(36)42-18-10-11-19-43(42)44)28-40(27-38)47-50-45(34-12-4-2-5-13-34)49-46(51-47)35-14-6-3-7-15-35/h2-30H,1H3. The highest BCUT2D eigenvalue weighted by Crippen LogP contribution is 2.39. The van der Waals surface area contributed by atoms with Gasteiger partial charge in [-0.05, 0) is 86.6 Å². The predicted octanol–water partition coefficient (Wildman–Crippen LogP) is 11.9. The summed E-state index contributed by atoms with van der Waals surface area (Å²) in [5, 5.41) is 4.87. The molecule has 7 aromatic carbocycles. The number of nitrogens with zero attached hydrogens (tertiary/aromatic N) is 4. The number of aromatic nitrogens is 4. The summed E-state index contributed by atoms with van der Waals surface area (Å²) in [6.45, 7) is 2.01. The molecule has 9 aromatic rings. The molecular weight excluding hydrogens is 621 g/mol. The minimum Gasteiger partial charge on any atom is -0.261 e. The van der Waals surface area contributed by atoms with Gasteiger partial charge in [0.15, 0.2) is 17.5 Å². The third kappa shape index (κ3) is 5.94. The molecule has 0 spiro atoms. The fourth-order valence-corrected chi connectivity index (χ4v) is 6.80. The Labute approximate surface area is 296 Å². The van der Waals surface area contributed by atoms with E-state index in [1.54, 1.807) is 0 Å². The van der Waals surface area contributed by atoms with Crippen molar-refractivity contribution in [2.75, 3.05) is 0 Å². The first kappa shape index (κ1) is 30.3.